The minimum absolute atomic E-state index is 0.0582. The highest BCUT2D eigenvalue weighted by Gasteiger charge is 2.38. The van der Waals surface area contributed by atoms with Gasteiger partial charge in [0.2, 0.25) is 0 Å². The second kappa shape index (κ2) is 4.40. The number of anilines is 2. The third kappa shape index (κ3) is 3.23. The molecule has 1 fully saturated rings. The van der Waals surface area contributed by atoms with E-state index in [4.69, 9.17) is 5.84 Å². The number of pyridine rings is 1. The molecule has 0 spiro atoms. The van der Waals surface area contributed by atoms with Crippen LogP contribution in [-0.2, 0) is 0 Å². The predicted octanol–water partition coefficient (Wildman–Crippen LogP) is 1.90. The lowest BCUT2D eigenvalue weighted by Gasteiger charge is -2.25. The number of halogens is 3. The first kappa shape index (κ1) is 12.0. The fourth-order valence-electron chi connectivity index (χ4n) is 1.64. The van der Waals surface area contributed by atoms with E-state index in [9.17, 15) is 13.2 Å². The van der Waals surface area contributed by atoms with Crippen molar-refractivity contribution < 1.29 is 13.2 Å². The lowest BCUT2D eigenvalue weighted by Crippen LogP contribution is -2.36. The molecule has 0 aliphatic heterocycles. The molecular formula is C10H13F3N4. The molecule has 4 nitrogen and oxygen atoms in total. The molecule has 1 aliphatic rings. The Hall–Kier alpha value is -1.50. The van der Waals surface area contributed by atoms with Crippen molar-refractivity contribution in [1.82, 2.24) is 4.98 Å². The summed E-state index contributed by atoms with van der Waals surface area (Å²) in [6.45, 7) is -0.974. The molecule has 2 rings (SSSR count). The predicted molar refractivity (Wildman–Crippen MR) is 58.5 cm³/mol. The van der Waals surface area contributed by atoms with Gasteiger partial charge in [0.15, 0.2) is 0 Å². The maximum atomic E-state index is 12.5. The van der Waals surface area contributed by atoms with Crippen LogP contribution in [0.2, 0.25) is 0 Å². The van der Waals surface area contributed by atoms with E-state index in [1.54, 1.807) is 18.2 Å². The smallest absolute Gasteiger partial charge is 0.344 e. The van der Waals surface area contributed by atoms with Gasteiger partial charge in [0.1, 0.15) is 18.2 Å². The Bertz CT molecular complexity index is 389. The normalized spacial score (nSPS) is 15.8. The van der Waals surface area contributed by atoms with Gasteiger partial charge in [-0.05, 0) is 25.0 Å². The summed E-state index contributed by atoms with van der Waals surface area (Å²) in [5, 5.41) is 0. The summed E-state index contributed by atoms with van der Waals surface area (Å²) in [6, 6.07) is 4.73. The molecule has 0 bridgehead atoms. The van der Waals surface area contributed by atoms with E-state index in [2.05, 4.69) is 10.4 Å². The number of nitrogen functional groups attached to an aromatic ring is 1. The summed E-state index contributed by atoms with van der Waals surface area (Å²) in [6.07, 6.45) is -2.67. The minimum atomic E-state index is -4.23. The van der Waals surface area contributed by atoms with E-state index >= 15 is 0 Å². The van der Waals surface area contributed by atoms with Gasteiger partial charge in [-0.25, -0.2) is 10.8 Å². The third-order valence-electron chi connectivity index (χ3n) is 2.51. The highest BCUT2D eigenvalue weighted by molar-refractivity contribution is 5.48. The van der Waals surface area contributed by atoms with Crippen LogP contribution >= 0.6 is 0 Å². The number of aromatic nitrogens is 1. The summed E-state index contributed by atoms with van der Waals surface area (Å²) in [4.78, 5) is 5.31. The molecule has 17 heavy (non-hydrogen) atoms. The molecule has 0 amide bonds. The number of rotatable bonds is 4. The highest BCUT2D eigenvalue weighted by atomic mass is 19.4. The zero-order valence-corrected chi connectivity index (χ0v) is 9.04. The van der Waals surface area contributed by atoms with E-state index in [0.717, 1.165) is 12.8 Å². The first-order valence-corrected chi connectivity index (χ1v) is 5.26. The highest BCUT2D eigenvalue weighted by Crippen LogP contribution is 2.33. The van der Waals surface area contributed by atoms with Gasteiger partial charge in [-0.3, -0.25) is 0 Å². The summed E-state index contributed by atoms with van der Waals surface area (Å²) >= 11 is 0. The Labute approximate surface area is 96.6 Å². The van der Waals surface area contributed by atoms with Crippen molar-refractivity contribution >= 4 is 11.6 Å². The van der Waals surface area contributed by atoms with E-state index in [0.29, 0.717) is 11.6 Å². The molecule has 7 heteroatoms. The number of nitrogens with zero attached hydrogens (tertiary/aromatic N) is 2. The summed E-state index contributed by atoms with van der Waals surface area (Å²) in [7, 11) is 0. The van der Waals surface area contributed by atoms with Crippen LogP contribution in [0.25, 0.3) is 0 Å². The van der Waals surface area contributed by atoms with Crippen LogP contribution in [0.3, 0.4) is 0 Å². The lowest BCUT2D eigenvalue weighted by atomic mass is 10.3. The molecule has 3 N–H and O–H groups in total. The molecule has 1 saturated carbocycles. The van der Waals surface area contributed by atoms with Crippen LogP contribution in [0.15, 0.2) is 18.2 Å². The molecule has 0 radical (unpaired) electrons. The van der Waals surface area contributed by atoms with Crippen LogP contribution in [0.4, 0.5) is 24.8 Å². The summed E-state index contributed by atoms with van der Waals surface area (Å²) in [5.41, 5.74) is 2.33. The maximum Gasteiger partial charge on any atom is 0.405 e. The number of nitrogens with one attached hydrogen (secondary N) is 1. The Morgan fingerprint density at radius 2 is 2.12 bits per heavy atom. The Balaban J connectivity index is 2.19. The van der Waals surface area contributed by atoms with Crippen LogP contribution < -0.4 is 16.2 Å². The van der Waals surface area contributed by atoms with Gasteiger partial charge >= 0.3 is 6.18 Å². The molecule has 0 aromatic carbocycles. The Kier molecular flexibility index (Phi) is 3.10. The summed E-state index contributed by atoms with van der Waals surface area (Å²) in [5.74, 6) is 5.85. The van der Waals surface area contributed by atoms with Gasteiger partial charge in [0.05, 0.1) is 0 Å². The number of hydrazine groups is 1. The standard InChI is InChI=1S/C10H13F3N4/c11-10(12,13)6-17(7-4-5-7)9-3-1-2-8(15-9)16-14/h1-3,7H,4-6,14H2,(H,15,16). The third-order valence-corrected chi connectivity index (χ3v) is 2.51. The van der Waals surface area contributed by atoms with Gasteiger partial charge in [0, 0.05) is 6.04 Å². The van der Waals surface area contributed by atoms with E-state index in [1.807, 2.05) is 0 Å². The van der Waals surface area contributed by atoms with E-state index in [1.165, 1.54) is 4.90 Å². The van der Waals surface area contributed by atoms with Crippen LogP contribution in [-0.4, -0.2) is 23.7 Å². The number of nitrogens with two attached hydrogens (primary N) is 1. The zero-order chi connectivity index (χ0) is 12.5. The van der Waals surface area contributed by atoms with Crippen molar-refractivity contribution in [1.29, 1.82) is 0 Å². The van der Waals surface area contributed by atoms with Crippen LogP contribution in [0.1, 0.15) is 12.8 Å². The van der Waals surface area contributed by atoms with E-state index < -0.39 is 12.7 Å². The van der Waals surface area contributed by atoms with Gasteiger partial charge in [0.25, 0.3) is 0 Å². The quantitative estimate of drug-likeness (QED) is 0.629. The van der Waals surface area contributed by atoms with Gasteiger partial charge in [-0.15, -0.1) is 0 Å². The topological polar surface area (TPSA) is 54.2 Å². The minimum Gasteiger partial charge on any atom is -0.344 e. The fraction of sp³-hybridized carbons (Fsp3) is 0.500. The first-order chi connectivity index (χ1) is 7.99. The van der Waals surface area contributed by atoms with Crippen molar-refractivity contribution in [3.8, 4) is 0 Å². The number of hydrogen-bond donors (Lipinski definition) is 2. The zero-order valence-electron chi connectivity index (χ0n) is 9.04. The molecule has 0 atom stereocenters. The van der Waals surface area contributed by atoms with Crippen molar-refractivity contribution in [2.24, 2.45) is 5.84 Å². The first-order valence-electron chi connectivity index (χ1n) is 5.26. The lowest BCUT2D eigenvalue weighted by molar-refractivity contribution is -0.120. The van der Waals surface area contributed by atoms with Crippen molar-refractivity contribution in [3.63, 3.8) is 0 Å². The van der Waals surface area contributed by atoms with Crippen LogP contribution in [0, 0.1) is 0 Å². The fourth-order valence-corrected chi connectivity index (χ4v) is 1.64. The second-order valence-corrected chi connectivity index (χ2v) is 4.00. The van der Waals surface area contributed by atoms with Gasteiger partial charge in [-0.2, -0.15) is 13.2 Å². The maximum absolute atomic E-state index is 12.5. The molecular weight excluding hydrogens is 233 g/mol. The molecule has 1 heterocycles. The van der Waals surface area contributed by atoms with Crippen LogP contribution in [0.5, 0.6) is 0 Å². The monoisotopic (exact) mass is 246 g/mol. The average Bonchev–Trinajstić information content (AvgIpc) is 3.09. The molecule has 0 saturated heterocycles. The Morgan fingerprint density at radius 3 is 2.65 bits per heavy atom. The van der Waals surface area contributed by atoms with Gasteiger partial charge in [-0.1, -0.05) is 6.07 Å². The molecule has 1 aliphatic carbocycles. The average molecular weight is 246 g/mol. The largest absolute Gasteiger partial charge is 0.405 e. The molecule has 1 aromatic heterocycles. The number of alkyl halides is 3. The second-order valence-electron chi connectivity index (χ2n) is 4.00. The van der Waals surface area contributed by atoms with Gasteiger partial charge < -0.3 is 10.3 Å². The van der Waals surface area contributed by atoms with Crippen molar-refractivity contribution in [3.05, 3.63) is 18.2 Å². The number of hydrogen-bond acceptors (Lipinski definition) is 4. The molecule has 0 unspecified atom stereocenters. The van der Waals surface area contributed by atoms with E-state index in [-0.39, 0.29) is 6.04 Å². The molecule has 94 valence electrons. The Morgan fingerprint density at radius 1 is 1.41 bits per heavy atom. The SMILES string of the molecule is NNc1cccc(N(CC(F)(F)F)C2CC2)n1. The van der Waals surface area contributed by atoms with Crippen molar-refractivity contribution in [2.75, 3.05) is 16.9 Å². The van der Waals surface area contributed by atoms with Crippen molar-refractivity contribution in [2.45, 2.75) is 25.1 Å². The summed E-state index contributed by atoms with van der Waals surface area (Å²) < 4.78 is 37.4. The molecule has 1 aromatic rings.